The average molecular weight is 730 g/mol. The van der Waals surface area contributed by atoms with E-state index >= 15 is 0 Å². The minimum atomic E-state index is -1.10. The van der Waals surface area contributed by atoms with Gasteiger partial charge in [0.15, 0.2) is 0 Å². The number of benzene rings is 3. The van der Waals surface area contributed by atoms with Crippen molar-refractivity contribution in [2.45, 2.75) is 75.8 Å². The van der Waals surface area contributed by atoms with Crippen LogP contribution in [0.2, 0.25) is 0 Å². The largest absolute Gasteiger partial charge is 0.492 e. The molecule has 6 atom stereocenters. The summed E-state index contributed by atoms with van der Waals surface area (Å²) >= 11 is 0. The van der Waals surface area contributed by atoms with E-state index in [9.17, 15) is 19.8 Å². The summed E-state index contributed by atoms with van der Waals surface area (Å²) in [6, 6.07) is 23.8. The van der Waals surface area contributed by atoms with Crippen LogP contribution in [0.5, 0.6) is 5.75 Å². The third kappa shape index (κ3) is 10.8. The van der Waals surface area contributed by atoms with Crippen molar-refractivity contribution in [3.63, 3.8) is 0 Å². The molecular weight excluding hydrogens is 674 g/mol. The van der Waals surface area contributed by atoms with Crippen molar-refractivity contribution in [3.8, 4) is 5.75 Å². The number of carbonyl (C=O) groups is 2. The van der Waals surface area contributed by atoms with Gasteiger partial charge in [0.1, 0.15) is 18.0 Å². The molecule has 1 aliphatic carbocycles. The Labute approximate surface area is 313 Å². The van der Waals surface area contributed by atoms with Crippen molar-refractivity contribution < 1.29 is 38.7 Å². The molecule has 3 aliphatic rings. The molecule has 0 spiro atoms. The molecule has 6 rings (SSSR count). The smallest absolute Gasteiger partial charge is 0.407 e. The van der Waals surface area contributed by atoms with E-state index in [0.717, 1.165) is 67.3 Å². The minimum absolute atomic E-state index is 0.0612. The van der Waals surface area contributed by atoms with Gasteiger partial charge in [-0.15, -0.1) is 0 Å². The summed E-state index contributed by atoms with van der Waals surface area (Å²) in [5.41, 5.74) is 2.97. The lowest BCUT2D eigenvalue weighted by Crippen LogP contribution is -2.50. The fourth-order valence-electron chi connectivity index (χ4n) is 7.62. The van der Waals surface area contributed by atoms with Crippen LogP contribution in [-0.2, 0) is 38.3 Å². The Kier molecular flexibility index (Phi) is 13.4. The molecule has 2 aliphatic heterocycles. The molecule has 286 valence electrons. The summed E-state index contributed by atoms with van der Waals surface area (Å²) < 4.78 is 22.9. The molecule has 2 heterocycles. The summed E-state index contributed by atoms with van der Waals surface area (Å²) in [5.74, 6) is -0.150. The number of nitrogens with zero attached hydrogens (tertiary/aromatic N) is 1. The van der Waals surface area contributed by atoms with Gasteiger partial charge in [0.25, 0.3) is 0 Å². The first kappa shape index (κ1) is 38.7. The van der Waals surface area contributed by atoms with Gasteiger partial charge in [-0.3, -0.25) is 9.69 Å². The van der Waals surface area contributed by atoms with Gasteiger partial charge in [-0.25, -0.2) is 4.79 Å². The number of aliphatic hydroxyl groups is 2. The lowest BCUT2D eigenvalue weighted by atomic mass is 9.88. The van der Waals surface area contributed by atoms with E-state index < -0.39 is 41.9 Å². The van der Waals surface area contributed by atoms with E-state index in [0.29, 0.717) is 39.1 Å². The van der Waals surface area contributed by atoms with Crippen LogP contribution in [0.15, 0.2) is 78.9 Å². The molecule has 11 heteroatoms. The predicted molar refractivity (Wildman–Crippen MR) is 201 cm³/mol. The first-order valence-electron chi connectivity index (χ1n) is 19.0. The van der Waals surface area contributed by atoms with Crippen LogP contribution in [-0.4, -0.2) is 104 Å². The van der Waals surface area contributed by atoms with Crippen LogP contribution < -0.4 is 15.4 Å². The first-order valence-corrected chi connectivity index (χ1v) is 19.0. The van der Waals surface area contributed by atoms with E-state index in [-0.39, 0.29) is 18.2 Å². The molecule has 2 fully saturated rings. The maximum Gasteiger partial charge on any atom is 0.407 e. The zero-order valence-electron chi connectivity index (χ0n) is 31.0. The zero-order valence-corrected chi connectivity index (χ0v) is 31.0. The molecule has 53 heavy (non-hydrogen) atoms. The number of nitrogens with one attached hydrogen (secondary N) is 2. The van der Waals surface area contributed by atoms with Gasteiger partial charge in [-0.2, -0.15) is 0 Å². The number of rotatable bonds is 16. The molecule has 2 saturated heterocycles. The fourth-order valence-corrected chi connectivity index (χ4v) is 7.62. The van der Waals surface area contributed by atoms with E-state index in [1.807, 2.05) is 92.7 Å². The topological polar surface area (TPSA) is 139 Å². The fraction of sp³-hybridized carbons (Fsp3) is 0.524. The van der Waals surface area contributed by atoms with Crippen LogP contribution in [0.3, 0.4) is 0 Å². The average Bonchev–Trinajstić information content (AvgIpc) is 3.82. The monoisotopic (exact) mass is 729 g/mol. The van der Waals surface area contributed by atoms with Crippen LogP contribution >= 0.6 is 0 Å². The summed E-state index contributed by atoms with van der Waals surface area (Å²) in [7, 11) is 0. The number of hydrogen-bond donors (Lipinski definition) is 4. The zero-order chi connectivity index (χ0) is 37.2. The molecule has 0 radical (unpaired) electrons. The number of hydrogen-bond acceptors (Lipinski definition) is 9. The lowest BCUT2D eigenvalue weighted by Gasteiger charge is -2.33. The number of carbonyl (C=O) groups excluding carboxylic acids is 2. The molecule has 3 aromatic rings. The number of fused-ring (bicyclic) bond motifs is 1. The van der Waals surface area contributed by atoms with Gasteiger partial charge >= 0.3 is 6.09 Å². The second-order valence-corrected chi connectivity index (χ2v) is 15.1. The molecule has 3 aromatic carbocycles. The second kappa shape index (κ2) is 18.4. The Bertz CT molecular complexity index is 1610. The minimum Gasteiger partial charge on any atom is -0.492 e. The summed E-state index contributed by atoms with van der Waals surface area (Å²) in [6.45, 7) is 9.58. The van der Waals surface area contributed by atoms with Crippen LogP contribution in [0.1, 0.15) is 55.0 Å². The standard InChI is InChI=1S/C42H55N3O8/c1-42(2,33-16-20-51-28-33)53-41(49)43-36(25-29-8-4-3-5-9-29)37(46)27-32(40(48)44-39-35-11-7-6-10-31(35)26-38(39)47)24-30-12-14-34(15-13-30)52-23-19-45-17-21-50-22-18-45/h3-15,32-33,36-39,46-47H,16-28H2,1-2H3,(H,43,49)(H,44,48)/t32-,33?,36+,37+,38-,39+/m1/s1. The van der Waals surface area contributed by atoms with Crippen LogP contribution in [0.4, 0.5) is 4.79 Å². The van der Waals surface area contributed by atoms with Gasteiger partial charge in [0, 0.05) is 44.5 Å². The van der Waals surface area contributed by atoms with E-state index in [1.165, 1.54) is 0 Å². The summed E-state index contributed by atoms with van der Waals surface area (Å²) in [6.07, 6.45) is -0.497. The van der Waals surface area contributed by atoms with Crippen molar-refractivity contribution in [1.82, 2.24) is 15.5 Å². The van der Waals surface area contributed by atoms with Crippen LogP contribution in [0, 0.1) is 11.8 Å². The molecule has 0 saturated carbocycles. The number of aliphatic hydroxyl groups excluding tert-OH is 2. The van der Waals surface area contributed by atoms with Gasteiger partial charge in [0.2, 0.25) is 5.91 Å². The molecule has 4 N–H and O–H groups in total. The van der Waals surface area contributed by atoms with E-state index in [1.54, 1.807) is 0 Å². The molecule has 1 unspecified atom stereocenters. The number of ether oxygens (including phenoxy) is 4. The van der Waals surface area contributed by atoms with Gasteiger partial charge in [0.05, 0.1) is 44.1 Å². The number of morpholine rings is 1. The summed E-state index contributed by atoms with van der Waals surface area (Å²) in [5, 5.41) is 28.9. The molecule has 2 amide bonds. The summed E-state index contributed by atoms with van der Waals surface area (Å²) in [4.78, 5) is 29.9. The quantitative estimate of drug-likeness (QED) is 0.171. The maximum absolute atomic E-state index is 14.2. The number of amides is 2. The van der Waals surface area contributed by atoms with Gasteiger partial charge in [-0.05, 0) is 73.9 Å². The Morgan fingerprint density at radius 1 is 0.925 bits per heavy atom. The van der Waals surface area contributed by atoms with Crippen molar-refractivity contribution in [2.75, 3.05) is 52.7 Å². The molecule has 11 nitrogen and oxygen atoms in total. The third-order valence-electron chi connectivity index (χ3n) is 10.9. The molecular formula is C42H55N3O8. The Morgan fingerprint density at radius 3 is 2.38 bits per heavy atom. The highest BCUT2D eigenvalue weighted by Crippen LogP contribution is 2.33. The normalized spacial score (nSPS) is 22.0. The predicted octanol–water partition coefficient (Wildman–Crippen LogP) is 4.23. The van der Waals surface area contributed by atoms with E-state index in [2.05, 4.69) is 15.5 Å². The SMILES string of the molecule is CC(C)(OC(=O)N[C@@H](Cc1ccccc1)[C@@H](O)C[C@@H](Cc1ccc(OCCN2CCOCC2)cc1)C(=O)N[C@H]1c2ccccc2C[C@H]1O)C1CCOC1. The Balaban J connectivity index is 1.17. The maximum atomic E-state index is 14.2. The highest BCUT2D eigenvalue weighted by Gasteiger charge is 2.38. The van der Waals surface area contributed by atoms with Gasteiger partial charge in [-0.1, -0.05) is 66.7 Å². The lowest BCUT2D eigenvalue weighted by molar-refractivity contribution is -0.127. The van der Waals surface area contributed by atoms with Gasteiger partial charge < -0.3 is 39.8 Å². The third-order valence-corrected chi connectivity index (χ3v) is 10.9. The Morgan fingerprint density at radius 2 is 1.64 bits per heavy atom. The molecule has 0 aromatic heterocycles. The van der Waals surface area contributed by atoms with Crippen LogP contribution in [0.25, 0.3) is 0 Å². The van der Waals surface area contributed by atoms with Crippen molar-refractivity contribution >= 4 is 12.0 Å². The van der Waals surface area contributed by atoms with Crippen molar-refractivity contribution in [3.05, 3.63) is 101 Å². The Hall–Kier alpha value is -4.00. The second-order valence-electron chi connectivity index (χ2n) is 15.1. The highest BCUT2D eigenvalue weighted by molar-refractivity contribution is 5.80. The van der Waals surface area contributed by atoms with Crippen molar-refractivity contribution in [1.29, 1.82) is 0 Å². The highest BCUT2D eigenvalue weighted by atomic mass is 16.6. The van der Waals surface area contributed by atoms with E-state index in [4.69, 9.17) is 18.9 Å². The number of alkyl carbamates (subject to hydrolysis) is 1. The molecule has 0 bridgehead atoms. The van der Waals surface area contributed by atoms with Crippen molar-refractivity contribution in [2.24, 2.45) is 11.8 Å². The first-order chi connectivity index (χ1) is 25.6.